The van der Waals surface area contributed by atoms with Crippen LogP contribution in [0.1, 0.15) is 36.0 Å². The van der Waals surface area contributed by atoms with Gasteiger partial charge in [-0.15, -0.1) is 11.3 Å². The second-order valence-electron chi connectivity index (χ2n) is 6.44. The molecule has 24 heavy (non-hydrogen) atoms. The first-order valence-electron chi connectivity index (χ1n) is 7.80. The normalized spacial score (nSPS) is 22.8. The molecule has 1 aromatic heterocycles. The largest absolute Gasteiger partial charge is 0.406 e. The lowest BCUT2D eigenvalue weighted by atomic mass is 10.1. The van der Waals surface area contributed by atoms with Crippen molar-refractivity contribution >= 4 is 23.2 Å². The molecule has 2 fully saturated rings. The number of halogens is 3. The first-order valence-corrected chi connectivity index (χ1v) is 8.68. The molecule has 1 aromatic rings. The zero-order valence-electron chi connectivity index (χ0n) is 13.1. The van der Waals surface area contributed by atoms with Gasteiger partial charge < -0.3 is 10.2 Å². The van der Waals surface area contributed by atoms with Crippen molar-refractivity contribution in [2.24, 2.45) is 11.8 Å². The number of carbonyl (C=O) groups is 2. The number of alkyl halides is 3. The SMILES string of the molecule is Cc1csc(C(NC(=O)C2CC(=O)N(CC(F)(F)F)C2)C2CC2)n1. The molecule has 0 spiro atoms. The Kier molecular flexibility index (Phi) is 4.54. The standard InChI is InChI=1S/C15H18F3N3O2S/c1-8-6-24-14(19-8)12(9-2-3-9)20-13(23)10-4-11(22)21(5-10)7-15(16,17)18/h6,9-10,12H,2-5,7H2,1H3,(H,20,23). The van der Waals surface area contributed by atoms with Gasteiger partial charge in [0, 0.05) is 24.0 Å². The highest BCUT2D eigenvalue weighted by Crippen LogP contribution is 2.42. The van der Waals surface area contributed by atoms with Crippen LogP contribution in [0, 0.1) is 18.8 Å². The summed E-state index contributed by atoms with van der Waals surface area (Å²) in [6.45, 7) is 0.391. The number of amides is 2. The summed E-state index contributed by atoms with van der Waals surface area (Å²) in [5, 5.41) is 5.63. The molecular weight excluding hydrogens is 343 g/mol. The Balaban J connectivity index is 1.63. The van der Waals surface area contributed by atoms with Crippen LogP contribution in [0.15, 0.2) is 5.38 Å². The average Bonchev–Trinajstić information content (AvgIpc) is 3.13. The van der Waals surface area contributed by atoms with Gasteiger partial charge in [0.25, 0.3) is 0 Å². The molecule has 0 bridgehead atoms. The number of carbonyl (C=O) groups excluding carboxylic acids is 2. The van der Waals surface area contributed by atoms with E-state index in [1.165, 1.54) is 11.3 Å². The molecule has 1 saturated carbocycles. The van der Waals surface area contributed by atoms with E-state index < -0.39 is 24.5 Å². The topological polar surface area (TPSA) is 62.3 Å². The number of rotatable bonds is 5. The summed E-state index contributed by atoms with van der Waals surface area (Å²) in [6, 6.07) is -0.206. The molecule has 2 heterocycles. The Morgan fingerprint density at radius 1 is 1.50 bits per heavy atom. The van der Waals surface area contributed by atoms with Gasteiger partial charge in [-0.2, -0.15) is 13.2 Å². The minimum Gasteiger partial charge on any atom is -0.346 e. The van der Waals surface area contributed by atoms with Crippen molar-refractivity contribution in [3.05, 3.63) is 16.1 Å². The molecule has 1 N–H and O–H groups in total. The van der Waals surface area contributed by atoms with Crippen LogP contribution < -0.4 is 5.32 Å². The fourth-order valence-electron chi connectivity index (χ4n) is 2.91. The molecular formula is C15H18F3N3O2S. The van der Waals surface area contributed by atoms with Gasteiger partial charge >= 0.3 is 6.18 Å². The van der Waals surface area contributed by atoms with Gasteiger partial charge in [-0.3, -0.25) is 9.59 Å². The molecule has 2 aliphatic rings. The number of thiazole rings is 1. The predicted octanol–water partition coefficient (Wildman–Crippen LogP) is 2.43. The van der Waals surface area contributed by atoms with E-state index in [0.29, 0.717) is 10.8 Å². The summed E-state index contributed by atoms with van der Waals surface area (Å²) in [5.74, 6) is -1.40. The number of hydrogen-bond donors (Lipinski definition) is 1. The predicted molar refractivity (Wildman–Crippen MR) is 81.2 cm³/mol. The summed E-state index contributed by atoms with van der Waals surface area (Å²) in [6.07, 6.45) is -2.63. The average molecular weight is 361 g/mol. The summed E-state index contributed by atoms with van der Waals surface area (Å²) in [7, 11) is 0. The third kappa shape index (κ3) is 4.06. The maximum absolute atomic E-state index is 12.5. The van der Waals surface area contributed by atoms with Gasteiger partial charge in [-0.25, -0.2) is 4.98 Å². The minimum atomic E-state index is -4.45. The number of nitrogens with one attached hydrogen (secondary N) is 1. The van der Waals surface area contributed by atoms with E-state index in [2.05, 4.69) is 10.3 Å². The van der Waals surface area contributed by atoms with E-state index in [0.717, 1.165) is 23.5 Å². The minimum absolute atomic E-state index is 0.170. The van der Waals surface area contributed by atoms with Crippen molar-refractivity contribution in [3.8, 4) is 0 Å². The van der Waals surface area contributed by atoms with E-state index in [4.69, 9.17) is 0 Å². The van der Waals surface area contributed by atoms with E-state index in [1.807, 2.05) is 12.3 Å². The first-order chi connectivity index (χ1) is 11.2. The molecule has 132 valence electrons. The van der Waals surface area contributed by atoms with Gasteiger partial charge in [0.05, 0.1) is 12.0 Å². The summed E-state index contributed by atoms with van der Waals surface area (Å²) in [5.41, 5.74) is 0.877. The molecule has 0 radical (unpaired) electrons. The molecule has 9 heteroatoms. The fraction of sp³-hybridized carbons (Fsp3) is 0.667. The molecule has 2 amide bonds. The Morgan fingerprint density at radius 2 is 2.21 bits per heavy atom. The third-order valence-electron chi connectivity index (χ3n) is 4.25. The fourth-order valence-corrected chi connectivity index (χ4v) is 3.85. The zero-order chi connectivity index (χ0) is 17.5. The van der Waals surface area contributed by atoms with Gasteiger partial charge in [-0.1, -0.05) is 0 Å². The molecule has 0 aromatic carbocycles. The van der Waals surface area contributed by atoms with Crippen LogP contribution >= 0.6 is 11.3 Å². The van der Waals surface area contributed by atoms with Crippen molar-refractivity contribution in [2.45, 2.75) is 38.4 Å². The maximum atomic E-state index is 12.5. The van der Waals surface area contributed by atoms with Gasteiger partial charge in [0.15, 0.2) is 0 Å². The Morgan fingerprint density at radius 3 is 2.75 bits per heavy atom. The Labute approximate surface area is 141 Å². The summed E-state index contributed by atoms with van der Waals surface area (Å²) < 4.78 is 37.4. The van der Waals surface area contributed by atoms with Crippen LogP contribution in [-0.4, -0.2) is 41.0 Å². The number of hydrogen-bond acceptors (Lipinski definition) is 4. The van der Waals surface area contributed by atoms with Crippen molar-refractivity contribution in [1.29, 1.82) is 0 Å². The lowest BCUT2D eigenvalue weighted by molar-refractivity contribution is -0.157. The highest BCUT2D eigenvalue weighted by Gasteiger charge is 2.42. The number of aryl methyl sites for hydroxylation is 1. The van der Waals surface area contributed by atoms with Gasteiger partial charge in [-0.05, 0) is 25.7 Å². The second kappa shape index (κ2) is 6.34. The van der Waals surface area contributed by atoms with Crippen LogP contribution in [-0.2, 0) is 9.59 Å². The van der Waals surface area contributed by atoms with E-state index in [-0.39, 0.29) is 24.9 Å². The van der Waals surface area contributed by atoms with E-state index in [9.17, 15) is 22.8 Å². The highest BCUT2D eigenvalue weighted by atomic mass is 32.1. The quantitative estimate of drug-likeness (QED) is 0.876. The Hall–Kier alpha value is -1.64. The van der Waals surface area contributed by atoms with Crippen LogP contribution in [0.25, 0.3) is 0 Å². The molecule has 3 rings (SSSR count). The highest BCUT2D eigenvalue weighted by molar-refractivity contribution is 7.09. The molecule has 2 unspecified atom stereocenters. The third-order valence-corrected chi connectivity index (χ3v) is 5.30. The van der Waals surface area contributed by atoms with Crippen LogP contribution in [0.2, 0.25) is 0 Å². The van der Waals surface area contributed by atoms with Gasteiger partial charge in [0.1, 0.15) is 11.6 Å². The number of likely N-dealkylation sites (tertiary alicyclic amines) is 1. The van der Waals surface area contributed by atoms with Crippen molar-refractivity contribution < 1.29 is 22.8 Å². The van der Waals surface area contributed by atoms with E-state index >= 15 is 0 Å². The first kappa shape index (κ1) is 17.2. The number of aromatic nitrogens is 1. The summed E-state index contributed by atoms with van der Waals surface area (Å²) in [4.78, 5) is 29.3. The maximum Gasteiger partial charge on any atom is 0.406 e. The van der Waals surface area contributed by atoms with Crippen LogP contribution in [0.3, 0.4) is 0 Å². The summed E-state index contributed by atoms with van der Waals surface area (Å²) >= 11 is 1.47. The van der Waals surface area contributed by atoms with Crippen LogP contribution in [0.5, 0.6) is 0 Å². The van der Waals surface area contributed by atoms with Crippen LogP contribution in [0.4, 0.5) is 13.2 Å². The van der Waals surface area contributed by atoms with Crippen molar-refractivity contribution in [1.82, 2.24) is 15.2 Å². The van der Waals surface area contributed by atoms with E-state index in [1.54, 1.807) is 0 Å². The molecule has 1 aliphatic heterocycles. The molecule has 2 atom stereocenters. The van der Waals surface area contributed by atoms with Gasteiger partial charge in [0.2, 0.25) is 11.8 Å². The Bertz CT molecular complexity index is 642. The lowest BCUT2D eigenvalue weighted by Crippen LogP contribution is -2.38. The molecule has 1 aliphatic carbocycles. The van der Waals surface area contributed by atoms with Crippen molar-refractivity contribution in [2.75, 3.05) is 13.1 Å². The lowest BCUT2D eigenvalue weighted by Gasteiger charge is -2.20. The smallest absolute Gasteiger partial charge is 0.346 e. The second-order valence-corrected chi connectivity index (χ2v) is 7.33. The molecule has 1 saturated heterocycles. The monoisotopic (exact) mass is 361 g/mol. The zero-order valence-corrected chi connectivity index (χ0v) is 13.9. The number of nitrogens with zero attached hydrogens (tertiary/aromatic N) is 2. The molecule has 5 nitrogen and oxygen atoms in total. The van der Waals surface area contributed by atoms with Crippen molar-refractivity contribution in [3.63, 3.8) is 0 Å².